The second-order valence-electron chi connectivity index (χ2n) is 7.08. The quantitative estimate of drug-likeness (QED) is 0.835. The number of hydrogen-bond acceptors (Lipinski definition) is 2. The molecule has 3 rings (SSSR count). The highest BCUT2D eigenvalue weighted by Gasteiger charge is 2.32. The Balaban J connectivity index is 1.40. The van der Waals surface area contributed by atoms with Gasteiger partial charge in [-0.25, -0.2) is 0 Å². The molecule has 3 fully saturated rings. The van der Waals surface area contributed by atoms with Gasteiger partial charge >= 0.3 is 0 Å². The highest BCUT2D eigenvalue weighted by atomic mass is 15.2. The number of piperidine rings is 1. The van der Waals surface area contributed by atoms with Crippen molar-refractivity contribution in [2.24, 2.45) is 5.92 Å². The molecular weight excluding hydrogens is 232 g/mol. The molecule has 0 spiro atoms. The van der Waals surface area contributed by atoms with E-state index < -0.39 is 0 Å². The van der Waals surface area contributed by atoms with E-state index in [2.05, 4.69) is 10.2 Å². The average molecular weight is 264 g/mol. The van der Waals surface area contributed by atoms with Crippen LogP contribution in [0.25, 0.3) is 0 Å². The Morgan fingerprint density at radius 1 is 0.789 bits per heavy atom. The van der Waals surface area contributed by atoms with Gasteiger partial charge in [0, 0.05) is 25.2 Å². The number of fused-ring (bicyclic) bond motifs is 1. The molecule has 2 heteroatoms. The van der Waals surface area contributed by atoms with Crippen LogP contribution in [0.2, 0.25) is 0 Å². The predicted molar refractivity (Wildman–Crippen MR) is 81.4 cm³/mol. The lowest BCUT2D eigenvalue weighted by Gasteiger charge is -2.44. The molecule has 1 heterocycles. The van der Waals surface area contributed by atoms with E-state index in [9.17, 15) is 0 Å². The zero-order valence-electron chi connectivity index (χ0n) is 12.6. The third kappa shape index (κ3) is 3.72. The van der Waals surface area contributed by atoms with Crippen molar-refractivity contribution in [1.82, 2.24) is 10.2 Å². The van der Waals surface area contributed by atoms with Crippen LogP contribution in [0.1, 0.15) is 70.6 Å². The summed E-state index contributed by atoms with van der Waals surface area (Å²) in [5.41, 5.74) is 0. The van der Waals surface area contributed by atoms with Crippen LogP contribution in [0.5, 0.6) is 0 Å². The molecule has 0 aromatic heterocycles. The molecule has 1 aliphatic heterocycles. The second kappa shape index (κ2) is 7.08. The van der Waals surface area contributed by atoms with Gasteiger partial charge in [0.25, 0.3) is 0 Å². The summed E-state index contributed by atoms with van der Waals surface area (Å²) in [6.07, 6.45) is 16.1. The van der Waals surface area contributed by atoms with Gasteiger partial charge < -0.3 is 5.32 Å². The zero-order valence-corrected chi connectivity index (χ0v) is 12.6. The summed E-state index contributed by atoms with van der Waals surface area (Å²) >= 11 is 0. The Morgan fingerprint density at radius 2 is 1.53 bits per heavy atom. The number of nitrogens with one attached hydrogen (secondary N) is 1. The van der Waals surface area contributed by atoms with Crippen molar-refractivity contribution in [3.8, 4) is 0 Å². The molecule has 2 aliphatic carbocycles. The van der Waals surface area contributed by atoms with E-state index in [-0.39, 0.29) is 0 Å². The van der Waals surface area contributed by atoms with Gasteiger partial charge in [0.1, 0.15) is 0 Å². The van der Waals surface area contributed by atoms with E-state index in [1.54, 1.807) is 0 Å². The number of hydrogen-bond donors (Lipinski definition) is 1. The first-order valence-corrected chi connectivity index (χ1v) is 8.91. The minimum atomic E-state index is 0.834. The first kappa shape index (κ1) is 13.9. The van der Waals surface area contributed by atoms with Crippen LogP contribution in [0.3, 0.4) is 0 Å². The molecule has 2 atom stereocenters. The van der Waals surface area contributed by atoms with Crippen LogP contribution in [0.4, 0.5) is 0 Å². The van der Waals surface area contributed by atoms with E-state index in [1.807, 2.05) is 0 Å². The summed E-state index contributed by atoms with van der Waals surface area (Å²) in [4.78, 5) is 2.82. The van der Waals surface area contributed by atoms with E-state index >= 15 is 0 Å². The lowest BCUT2D eigenvalue weighted by atomic mass is 9.78. The molecule has 3 aliphatic rings. The molecule has 1 saturated heterocycles. The molecular formula is C17H32N2. The van der Waals surface area contributed by atoms with Crippen LogP contribution in [-0.2, 0) is 0 Å². The summed E-state index contributed by atoms with van der Waals surface area (Å²) in [5, 5.41) is 3.82. The SMILES string of the molecule is C1CCC(NCCN2CCCC3CCCCC32)CC1. The van der Waals surface area contributed by atoms with Gasteiger partial charge in [-0.05, 0) is 51.0 Å². The maximum atomic E-state index is 3.82. The summed E-state index contributed by atoms with van der Waals surface area (Å²) < 4.78 is 0. The third-order valence-electron chi connectivity index (χ3n) is 5.80. The third-order valence-corrected chi connectivity index (χ3v) is 5.80. The van der Waals surface area contributed by atoms with Crippen LogP contribution in [-0.4, -0.2) is 36.6 Å². The normalized spacial score (nSPS) is 34.1. The predicted octanol–water partition coefficient (Wildman–Crippen LogP) is 3.56. The van der Waals surface area contributed by atoms with Crippen molar-refractivity contribution in [1.29, 1.82) is 0 Å². The molecule has 0 radical (unpaired) electrons. The van der Waals surface area contributed by atoms with Crippen molar-refractivity contribution in [2.75, 3.05) is 19.6 Å². The van der Waals surface area contributed by atoms with E-state index in [0.29, 0.717) is 0 Å². The molecule has 2 saturated carbocycles. The Hall–Kier alpha value is -0.0800. The van der Waals surface area contributed by atoms with Gasteiger partial charge in [-0.1, -0.05) is 32.1 Å². The first-order chi connectivity index (χ1) is 9.43. The molecule has 0 bridgehead atoms. The van der Waals surface area contributed by atoms with Gasteiger partial charge in [-0.3, -0.25) is 4.90 Å². The molecule has 2 unspecified atom stereocenters. The van der Waals surface area contributed by atoms with E-state index in [4.69, 9.17) is 0 Å². The average Bonchev–Trinajstić information content (AvgIpc) is 2.49. The number of rotatable bonds is 4. The Bertz CT molecular complexity index is 258. The van der Waals surface area contributed by atoms with Gasteiger partial charge in [-0.2, -0.15) is 0 Å². The number of likely N-dealkylation sites (tertiary alicyclic amines) is 1. The van der Waals surface area contributed by atoms with E-state index in [1.165, 1.54) is 90.3 Å². The Kier molecular flexibility index (Phi) is 5.17. The minimum Gasteiger partial charge on any atom is -0.313 e. The lowest BCUT2D eigenvalue weighted by Crippen LogP contribution is -2.49. The van der Waals surface area contributed by atoms with Gasteiger partial charge in [0.2, 0.25) is 0 Å². The van der Waals surface area contributed by atoms with Crippen molar-refractivity contribution in [3.63, 3.8) is 0 Å². The molecule has 0 aromatic rings. The monoisotopic (exact) mass is 264 g/mol. The minimum absolute atomic E-state index is 0.834. The van der Waals surface area contributed by atoms with Crippen LogP contribution >= 0.6 is 0 Å². The molecule has 2 nitrogen and oxygen atoms in total. The van der Waals surface area contributed by atoms with Crippen LogP contribution < -0.4 is 5.32 Å². The van der Waals surface area contributed by atoms with Crippen molar-refractivity contribution >= 4 is 0 Å². The smallest absolute Gasteiger partial charge is 0.0124 e. The van der Waals surface area contributed by atoms with Crippen molar-refractivity contribution in [3.05, 3.63) is 0 Å². The van der Waals surface area contributed by atoms with Gasteiger partial charge in [0.05, 0.1) is 0 Å². The largest absolute Gasteiger partial charge is 0.313 e. The number of nitrogens with zero attached hydrogens (tertiary/aromatic N) is 1. The molecule has 110 valence electrons. The van der Waals surface area contributed by atoms with Crippen LogP contribution in [0, 0.1) is 5.92 Å². The molecule has 0 aromatic carbocycles. The fourth-order valence-electron chi connectivity index (χ4n) is 4.72. The molecule has 0 amide bonds. The topological polar surface area (TPSA) is 15.3 Å². The summed E-state index contributed by atoms with van der Waals surface area (Å²) in [6.45, 7) is 3.90. The van der Waals surface area contributed by atoms with Gasteiger partial charge in [-0.15, -0.1) is 0 Å². The molecule has 1 N–H and O–H groups in total. The van der Waals surface area contributed by atoms with Crippen molar-refractivity contribution < 1.29 is 0 Å². The lowest BCUT2D eigenvalue weighted by molar-refractivity contribution is 0.0609. The van der Waals surface area contributed by atoms with Crippen LogP contribution in [0.15, 0.2) is 0 Å². The highest BCUT2D eigenvalue weighted by Crippen LogP contribution is 2.34. The Labute approximate surface area is 119 Å². The summed E-state index contributed by atoms with van der Waals surface area (Å²) in [7, 11) is 0. The Morgan fingerprint density at radius 3 is 2.42 bits per heavy atom. The van der Waals surface area contributed by atoms with Crippen molar-refractivity contribution in [2.45, 2.75) is 82.7 Å². The fourth-order valence-corrected chi connectivity index (χ4v) is 4.72. The maximum absolute atomic E-state index is 3.82. The molecule has 19 heavy (non-hydrogen) atoms. The highest BCUT2D eigenvalue weighted by molar-refractivity contribution is 4.87. The zero-order chi connectivity index (χ0) is 12.9. The summed E-state index contributed by atoms with van der Waals surface area (Å²) in [6, 6.07) is 1.77. The van der Waals surface area contributed by atoms with Gasteiger partial charge in [0.15, 0.2) is 0 Å². The fraction of sp³-hybridized carbons (Fsp3) is 1.00. The maximum Gasteiger partial charge on any atom is 0.0124 e. The standard InChI is InChI=1S/C17H32N2/c1-2-9-16(10-3-1)18-12-14-19-13-6-8-15-7-4-5-11-17(15)19/h15-18H,1-14H2. The second-order valence-corrected chi connectivity index (χ2v) is 7.08. The first-order valence-electron chi connectivity index (χ1n) is 8.91. The summed E-state index contributed by atoms with van der Waals surface area (Å²) in [5.74, 6) is 1.04. The van der Waals surface area contributed by atoms with E-state index in [0.717, 1.165) is 18.0 Å².